The summed E-state index contributed by atoms with van der Waals surface area (Å²) in [5.74, 6) is 8.50. The number of benzene rings is 1. The molecule has 2 saturated heterocycles. The van der Waals surface area contributed by atoms with Crippen molar-refractivity contribution < 1.29 is 4.74 Å². The van der Waals surface area contributed by atoms with Crippen molar-refractivity contribution >= 4 is 35.0 Å². The second kappa shape index (κ2) is 6.65. The van der Waals surface area contributed by atoms with Crippen LogP contribution in [0.15, 0.2) is 18.2 Å². The summed E-state index contributed by atoms with van der Waals surface area (Å²) in [5.41, 5.74) is 3.88. The minimum Gasteiger partial charge on any atom is -0.374 e. The predicted molar refractivity (Wildman–Crippen MR) is 89.9 cm³/mol. The fourth-order valence-electron chi connectivity index (χ4n) is 3.48. The summed E-state index contributed by atoms with van der Waals surface area (Å²) < 4.78 is 6.09. The first-order valence-electron chi connectivity index (χ1n) is 7.27. The first-order chi connectivity index (χ1) is 10.2. The van der Waals surface area contributed by atoms with Crippen molar-refractivity contribution in [2.24, 2.45) is 11.8 Å². The Labute approximate surface area is 139 Å². The van der Waals surface area contributed by atoms with E-state index in [2.05, 4.69) is 5.43 Å². The summed E-state index contributed by atoms with van der Waals surface area (Å²) in [6.07, 6.45) is 3.11. The number of ether oxygens (including phenoxy) is 1. The minimum atomic E-state index is -0.0300. The van der Waals surface area contributed by atoms with Gasteiger partial charge in [0.2, 0.25) is 0 Å². The first kappa shape index (κ1) is 15.9. The summed E-state index contributed by atoms with van der Waals surface area (Å²) in [6, 6.07) is 5.57. The van der Waals surface area contributed by atoms with Gasteiger partial charge in [-0.2, -0.15) is 11.8 Å². The van der Waals surface area contributed by atoms with Crippen molar-refractivity contribution in [3.05, 3.63) is 33.8 Å². The van der Waals surface area contributed by atoms with Crippen LogP contribution in [-0.2, 0) is 4.74 Å². The molecule has 2 heterocycles. The van der Waals surface area contributed by atoms with E-state index in [-0.39, 0.29) is 11.6 Å². The van der Waals surface area contributed by atoms with Crippen molar-refractivity contribution in [2.75, 3.05) is 18.1 Å². The highest BCUT2D eigenvalue weighted by Crippen LogP contribution is 2.45. The van der Waals surface area contributed by atoms with Crippen LogP contribution in [0.25, 0.3) is 0 Å². The smallest absolute Gasteiger partial charge is 0.0783 e. The molecular formula is C15H20Cl2N2OS. The molecule has 0 bridgehead atoms. The lowest BCUT2D eigenvalue weighted by Crippen LogP contribution is -2.45. The van der Waals surface area contributed by atoms with E-state index in [0.717, 1.165) is 37.2 Å². The van der Waals surface area contributed by atoms with Gasteiger partial charge in [0.1, 0.15) is 0 Å². The SMILES string of the molecule is NNC(c1c(Cl)cccc1Cl)C1CCOC2(CCSC2)C1. The molecule has 0 radical (unpaired) electrons. The van der Waals surface area contributed by atoms with Gasteiger partial charge >= 0.3 is 0 Å². The second-order valence-electron chi connectivity index (χ2n) is 5.87. The Hall–Kier alpha value is 0.0300. The van der Waals surface area contributed by atoms with Crippen LogP contribution in [-0.4, -0.2) is 23.7 Å². The lowest BCUT2D eigenvalue weighted by atomic mass is 9.79. The van der Waals surface area contributed by atoms with Crippen LogP contribution in [0.4, 0.5) is 0 Å². The topological polar surface area (TPSA) is 47.3 Å². The van der Waals surface area contributed by atoms with Crippen LogP contribution in [0.2, 0.25) is 10.0 Å². The van der Waals surface area contributed by atoms with Crippen molar-refractivity contribution in [2.45, 2.75) is 30.9 Å². The molecule has 3 N–H and O–H groups in total. The Balaban J connectivity index is 1.86. The molecule has 2 aliphatic heterocycles. The van der Waals surface area contributed by atoms with E-state index in [1.165, 1.54) is 5.75 Å². The van der Waals surface area contributed by atoms with Gasteiger partial charge in [-0.05, 0) is 43.1 Å². The van der Waals surface area contributed by atoms with Gasteiger partial charge < -0.3 is 4.74 Å². The normalized spacial score (nSPS) is 30.7. The molecule has 0 saturated carbocycles. The van der Waals surface area contributed by atoms with Gasteiger partial charge in [-0.3, -0.25) is 11.3 Å². The van der Waals surface area contributed by atoms with Gasteiger partial charge in [0.15, 0.2) is 0 Å². The Bertz CT molecular complexity index is 488. The zero-order valence-electron chi connectivity index (χ0n) is 11.8. The van der Waals surface area contributed by atoms with E-state index < -0.39 is 0 Å². The molecule has 2 aliphatic rings. The molecule has 1 aromatic carbocycles. The van der Waals surface area contributed by atoms with Crippen LogP contribution >= 0.6 is 35.0 Å². The Kier molecular flexibility index (Phi) is 5.04. The molecule has 116 valence electrons. The van der Waals surface area contributed by atoms with Crippen LogP contribution in [0, 0.1) is 5.92 Å². The Morgan fingerprint density at radius 3 is 2.76 bits per heavy atom. The van der Waals surface area contributed by atoms with Gasteiger partial charge in [0.25, 0.3) is 0 Å². The summed E-state index contributed by atoms with van der Waals surface area (Å²) in [7, 11) is 0. The second-order valence-corrected chi connectivity index (χ2v) is 7.79. The zero-order valence-corrected chi connectivity index (χ0v) is 14.1. The quantitative estimate of drug-likeness (QED) is 0.645. The van der Waals surface area contributed by atoms with Crippen molar-refractivity contribution in [1.29, 1.82) is 0 Å². The van der Waals surface area contributed by atoms with Crippen LogP contribution in [0.1, 0.15) is 30.9 Å². The van der Waals surface area contributed by atoms with Crippen LogP contribution in [0.5, 0.6) is 0 Å². The first-order valence-corrected chi connectivity index (χ1v) is 9.18. The molecule has 2 fully saturated rings. The highest BCUT2D eigenvalue weighted by Gasteiger charge is 2.43. The van der Waals surface area contributed by atoms with E-state index in [1.54, 1.807) is 0 Å². The molecule has 3 nitrogen and oxygen atoms in total. The predicted octanol–water partition coefficient (Wildman–Crippen LogP) is 3.80. The maximum absolute atomic E-state index is 6.36. The average Bonchev–Trinajstić information content (AvgIpc) is 2.91. The molecule has 3 unspecified atom stereocenters. The lowest BCUT2D eigenvalue weighted by Gasteiger charge is -2.41. The Morgan fingerprint density at radius 2 is 2.14 bits per heavy atom. The third-order valence-electron chi connectivity index (χ3n) is 4.56. The van der Waals surface area contributed by atoms with E-state index in [4.69, 9.17) is 33.8 Å². The number of hydrazine groups is 1. The fraction of sp³-hybridized carbons (Fsp3) is 0.600. The minimum absolute atomic E-state index is 0.0242. The van der Waals surface area contributed by atoms with Gasteiger partial charge in [-0.1, -0.05) is 29.3 Å². The number of thioether (sulfide) groups is 1. The highest BCUT2D eigenvalue weighted by atomic mass is 35.5. The van der Waals surface area contributed by atoms with E-state index in [1.807, 2.05) is 30.0 Å². The molecule has 1 spiro atoms. The zero-order chi connectivity index (χ0) is 14.9. The number of nitrogens with two attached hydrogens (primary N) is 1. The average molecular weight is 347 g/mol. The molecule has 3 atom stereocenters. The van der Waals surface area contributed by atoms with Crippen molar-refractivity contribution in [3.8, 4) is 0 Å². The van der Waals surface area contributed by atoms with Gasteiger partial charge in [-0.25, -0.2) is 0 Å². The molecule has 0 aliphatic carbocycles. The lowest BCUT2D eigenvalue weighted by molar-refractivity contribution is -0.0854. The van der Waals surface area contributed by atoms with Crippen molar-refractivity contribution in [1.82, 2.24) is 5.43 Å². The summed E-state index contributed by atoms with van der Waals surface area (Å²) in [6.45, 7) is 0.783. The van der Waals surface area contributed by atoms with Gasteiger partial charge in [0.05, 0.1) is 11.6 Å². The summed E-state index contributed by atoms with van der Waals surface area (Å²) >= 11 is 14.7. The van der Waals surface area contributed by atoms with E-state index in [0.29, 0.717) is 16.0 Å². The standard InChI is InChI=1S/C15H20Cl2N2OS/c16-11-2-1-3-12(17)13(11)14(19-18)10-4-6-20-15(8-10)5-7-21-9-15/h1-3,10,14,19H,4-9,18H2. The maximum atomic E-state index is 6.36. The maximum Gasteiger partial charge on any atom is 0.0783 e. The molecule has 1 aromatic rings. The van der Waals surface area contributed by atoms with E-state index in [9.17, 15) is 0 Å². The van der Waals surface area contributed by atoms with Gasteiger partial charge in [-0.15, -0.1) is 0 Å². The summed E-state index contributed by atoms with van der Waals surface area (Å²) in [4.78, 5) is 0. The Morgan fingerprint density at radius 1 is 1.38 bits per heavy atom. The monoisotopic (exact) mass is 346 g/mol. The molecule has 21 heavy (non-hydrogen) atoms. The third-order valence-corrected chi connectivity index (χ3v) is 6.44. The molecule has 3 rings (SSSR count). The van der Waals surface area contributed by atoms with Crippen LogP contribution in [0.3, 0.4) is 0 Å². The van der Waals surface area contributed by atoms with E-state index >= 15 is 0 Å². The highest BCUT2D eigenvalue weighted by molar-refractivity contribution is 7.99. The fourth-order valence-corrected chi connectivity index (χ4v) is 5.49. The third kappa shape index (κ3) is 3.21. The number of halogens is 2. The number of hydrogen-bond acceptors (Lipinski definition) is 4. The number of hydrogen-bond donors (Lipinski definition) is 2. The van der Waals surface area contributed by atoms with Crippen molar-refractivity contribution in [3.63, 3.8) is 0 Å². The molecule has 0 amide bonds. The molecule has 0 aromatic heterocycles. The largest absolute Gasteiger partial charge is 0.374 e. The molecular weight excluding hydrogens is 327 g/mol. The van der Waals surface area contributed by atoms with Gasteiger partial charge in [0, 0.05) is 28.0 Å². The summed E-state index contributed by atoms with van der Waals surface area (Å²) in [5, 5.41) is 1.35. The molecule has 6 heteroatoms. The number of nitrogens with one attached hydrogen (secondary N) is 1. The van der Waals surface area contributed by atoms with Crippen LogP contribution < -0.4 is 11.3 Å². The number of rotatable bonds is 3.